The smallest absolute Gasteiger partial charge is 0.326 e. The minimum absolute atomic E-state index is 0.00686. The van der Waals surface area contributed by atoms with Crippen molar-refractivity contribution in [1.29, 1.82) is 5.26 Å². The molecule has 1 aromatic rings. The van der Waals surface area contributed by atoms with Crippen molar-refractivity contribution >= 4 is 23.7 Å². The van der Waals surface area contributed by atoms with Crippen LogP contribution in [0, 0.1) is 28.6 Å². The largest absolute Gasteiger partial charge is 0.465 e. The fourth-order valence-corrected chi connectivity index (χ4v) is 3.31. The van der Waals surface area contributed by atoms with Crippen molar-refractivity contribution in [3.63, 3.8) is 0 Å². The van der Waals surface area contributed by atoms with Crippen LogP contribution in [0.4, 0.5) is 0 Å². The normalized spacial score (nSPS) is 13.4. The number of rotatable bonds is 12. The van der Waals surface area contributed by atoms with Crippen molar-refractivity contribution in [2.45, 2.75) is 40.5 Å². The average Bonchev–Trinajstić information content (AvgIpc) is 2.75. The van der Waals surface area contributed by atoms with Gasteiger partial charge in [0.1, 0.15) is 0 Å². The molecule has 0 fully saturated rings. The molecule has 0 saturated heterocycles. The number of carbonyl (C=O) groups is 4. The van der Waals surface area contributed by atoms with Gasteiger partial charge >= 0.3 is 17.9 Å². The Hall–Kier alpha value is -3.21. The van der Waals surface area contributed by atoms with Crippen LogP contribution in [-0.4, -0.2) is 43.5 Å². The highest BCUT2D eigenvalue weighted by Crippen LogP contribution is 2.40. The predicted molar refractivity (Wildman–Crippen MR) is 111 cm³/mol. The second-order valence-corrected chi connectivity index (χ2v) is 6.86. The number of hydrogen-bond donors (Lipinski definition) is 0. The Balaban J connectivity index is 3.34. The number of ketones is 1. The predicted octanol–water partition coefficient (Wildman–Crippen LogP) is 3.10. The van der Waals surface area contributed by atoms with E-state index >= 15 is 0 Å². The summed E-state index contributed by atoms with van der Waals surface area (Å²) in [5.74, 6) is -5.64. The molecule has 0 heterocycles. The van der Waals surface area contributed by atoms with E-state index in [2.05, 4.69) is 0 Å². The molecule has 0 bridgehead atoms. The number of Topliss-reactive ketones (excluding diaryl/α,β-unsaturated/α-hetero) is 1. The number of ether oxygens (including phenoxy) is 3. The molecular weight excluding hydrogens is 402 g/mol. The molecule has 0 amide bonds. The van der Waals surface area contributed by atoms with Crippen LogP contribution in [0.2, 0.25) is 0 Å². The molecule has 1 aromatic carbocycles. The van der Waals surface area contributed by atoms with E-state index in [-0.39, 0.29) is 38.4 Å². The van der Waals surface area contributed by atoms with E-state index in [4.69, 9.17) is 14.2 Å². The van der Waals surface area contributed by atoms with Crippen LogP contribution in [0.3, 0.4) is 0 Å². The Morgan fingerprint density at radius 2 is 1.45 bits per heavy atom. The number of hydrogen-bond acceptors (Lipinski definition) is 8. The van der Waals surface area contributed by atoms with Gasteiger partial charge in [-0.05, 0) is 27.2 Å². The van der Waals surface area contributed by atoms with Crippen molar-refractivity contribution in [2.24, 2.45) is 17.3 Å². The van der Waals surface area contributed by atoms with Gasteiger partial charge in [-0.1, -0.05) is 37.3 Å². The number of nitriles is 1. The van der Waals surface area contributed by atoms with Gasteiger partial charge in [-0.25, -0.2) is 0 Å². The van der Waals surface area contributed by atoms with Gasteiger partial charge in [0.2, 0.25) is 0 Å². The molecule has 31 heavy (non-hydrogen) atoms. The fourth-order valence-electron chi connectivity index (χ4n) is 3.31. The zero-order chi connectivity index (χ0) is 23.4. The van der Waals surface area contributed by atoms with Crippen molar-refractivity contribution in [1.82, 2.24) is 0 Å². The zero-order valence-corrected chi connectivity index (χ0v) is 18.4. The van der Waals surface area contributed by atoms with E-state index in [9.17, 15) is 24.4 Å². The first-order valence-electron chi connectivity index (χ1n) is 10.3. The van der Waals surface area contributed by atoms with Crippen molar-refractivity contribution in [2.75, 3.05) is 19.8 Å². The third-order valence-corrected chi connectivity index (χ3v) is 5.04. The van der Waals surface area contributed by atoms with Crippen LogP contribution in [0.25, 0.3) is 0 Å². The van der Waals surface area contributed by atoms with Crippen molar-refractivity contribution in [3.05, 3.63) is 35.9 Å². The van der Waals surface area contributed by atoms with E-state index in [1.54, 1.807) is 51.1 Å². The summed E-state index contributed by atoms with van der Waals surface area (Å²) in [6.07, 6.45) is -0.383. The first-order chi connectivity index (χ1) is 14.8. The van der Waals surface area contributed by atoms with Crippen molar-refractivity contribution in [3.8, 4) is 6.07 Å². The van der Waals surface area contributed by atoms with E-state index in [1.165, 1.54) is 6.92 Å². The first-order valence-corrected chi connectivity index (χ1v) is 10.3. The molecule has 0 spiro atoms. The van der Waals surface area contributed by atoms with Gasteiger partial charge in [0, 0.05) is 17.9 Å². The quantitative estimate of drug-likeness (QED) is 0.214. The van der Waals surface area contributed by atoms with Gasteiger partial charge in [0.15, 0.2) is 17.1 Å². The third-order valence-electron chi connectivity index (χ3n) is 5.04. The average molecular weight is 431 g/mol. The summed E-state index contributed by atoms with van der Waals surface area (Å²) in [4.78, 5) is 50.6. The lowest BCUT2D eigenvalue weighted by Crippen LogP contribution is -2.47. The van der Waals surface area contributed by atoms with Gasteiger partial charge in [-0.3, -0.25) is 19.2 Å². The molecular formula is C23H29NO7. The molecule has 8 nitrogen and oxygen atoms in total. The molecule has 0 N–H and O–H groups in total. The van der Waals surface area contributed by atoms with Crippen LogP contribution in [0.5, 0.6) is 0 Å². The molecule has 0 saturated carbocycles. The monoisotopic (exact) mass is 431 g/mol. The lowest BCUT2D eigenvalue weighted by Gasteiger charge is -2.33. The fraction of sp³-hybridized carbons (Fsp3) is 0.522. The molecule has 0 aromatic heterocycles. The zero-order valence-electron chi connectivity index (χ0n) is 18.4. The van der Waals surface area contributed by atoms with Crippen LogP contribution in [-0.2, 0) is 28.6 Å². The highest BCUT2D eigenvalue weighted by molar-refractivity contribution is 5.98. The Morgan fingerprint density at radius 1 is 0.935 bits per heavy atom. The van der Waals surface area contributed by atoms with Gasteiger partial charge < -0.3 is 14.2 Å². The molecule has 0 unspecified atom stereocenters. The van der Waals surface area contributed by atoms with Crippen LogP contribution in [0.15, 0.2) is 30.3 Å². The maximum atomic E-state index is 12.9. The molecule has 0 radical (unpaired) electrons. The highest BCUT2D eigenvalue weighted by Gasteiger charge is 2.53. The number of nitrogens with zero attached hydrogens (tertiary/aromatic N) is 1. The summed E-state index contributed by atoms with van der Waals surface area (Å²) in [5, 5.41) is 10.0. The Bertz CT molecular complexity index is 797. The molecule has 0 aliphatic heterocycles. The Kier molecular flexibility index (Phi) is 10.4. The number of esters is 3. The van der Waals surface area contributed by atoms with E-state index in [1.807, 2.05) is 6.07 Å². The molecule has 0 aliphatic rings. The van der Waals surface area contributed by atoms with Crippen LogP contribution >= 0.6 is 0 Å². The summed E-state index contributed by atoms with van der Waals surface area (Å²) in [6, 6.07) is 10.4. The molecule has 1 rings (SSSR count). The number of benzene rings is 1. The molecule has 8 heteroatoms. The lowest BCUT2D eigenvalue weighted by molar-refractivity contribution is -0.169. The van der Waals surface area contributed by atoms with Gasteiger partial charge in [0.25, 0.3) is 0 Å². The van der Waals surface area contributed by atoms with E-state index in [0.29, 0.717) is 5.56 Å². The topological polar surface area (TPSA) is 120 Å². The first kappa shape index (κ1) is 25.8. The van der Waals surface area contributed by atoms with Crippen LogP contribution in [0.1, 0.15) is 50.9 Å². The van der Waals surface area contributed by atoms with Gasteiger partial charge in [-0.15, -0.1) is 0 Å². The minimum Gasteiger partial charge on any atom is -0.465 e. The maximum absolute atomic E-state index is 12.9. The lowest BCUT2D eigenvalue weighted by atomic mass is 9.68. The summed E-state index contributed by atoms with van der Waals surface area (Å²) >= 11 is 0. The second kappa shape index (κ2) is 12.5. The van der Waals surface area contributed by atoms with Crippen molar-refractivity contribution < 1.29 is 33.4 Å². The Labute approximate surface area is 182 Å². The summed E-state index contributed by atoms with van der Waals surface area (Å²) in [6.45, 7) is 6.16. The van der Waals surface area contributed by atoms with Gasteiger partial charge in [-0.2, -0.15) is 5.26 Å². The summed E-state index contributed by atoms with van der Waals surface area (Å²) < 4.78 is 15.1. The third kappa shape index (κ3) is 6.38. The number of carbonyl (C=O) groups excluding carboxylic acids is 4. The summed E-state index contributed by atoms with van der Waals surface area (Å²) in [5.41, 5.74) is -1.50. The van der Waals surface area contributed by atoms with E-state index in [0.717, 1.165) is 0 Å². The molecule has 0 aliphatic carbocycles. The SMILES string of the molecule is CCOC(=O)C(C(=O)OCC)[C@H](C)[C@@](C#N)(CCC(=O)c1ccccc1)C(=O)OCC. The minimum atomic E-state index is -1.93. The van der Waals surface area contributed by atoms with E-state index < -0.39 is 35.2 Å². The summed E-state index contributed by atoms with van der Waals surface area (Å²) in [7, 11) is 0. The molecule has 168 valence electrons. The Morgan fingerprint density at radius 3 is 1.90 bits per heavy atom. The van der Waals surface area contributed by atoms with Gasteiger partial charge in [0.05, 0.1) is 25.9 Å². The molecule has 2 atom stereocenters. The van der Waals surface area contributed by atoms with Crippen LogP contribution < -0.4 is 0 Å². The highest BCUT2D eigenvalue weighted by atomic mass is 16.6. The maximum Gasteiger partial charge on any atom is 0.326 e. The standard InChI is InChI=1S/C23H29NO7/c1-5-29-20(26)19(21(27)30-6-2)16(4)23(15-24,22(28)31-7-3)14-13-18(25)17-11-9-8-10-12-17/h8-12,16,19H,5-7,13-14H2,1-4H3/t16-,23-/m0/s1. The second-order valence-electron chi connectivity index (χ2n) is 6.86.